The van der Waals surface area contributed by atoms with Gasteiger partial charge in [-0.2, -0.15) is 5.10 Å². The van der Waals surface area contributed by atoms with Crippen LogP contribution in [0.2, 0.25) is 5.02 Å². The van der Waals surface area contributed by atoms with Gasteiger partial charge >= 0.3 is 0 Å². The molecule has 16 heavy (non-hydrogen) atoms. The first-order valence-corrected chi connectivity index (χ1v) is 5.86. The Morgan fingerprint density at radius 3 is 2.81 bits per heavy atom. The van der Waals surface area contributed by atoms with Crippen molar-refractivity contribution < 1.29 is 5.11 Å². The highest BCUT2D eigenvalue weighted by molar-refractivity contribution is 9.10. The Morgan fingerprint density at radius 1 is 1.50 bits per heavy atom. The number of hydrogen-bond acceptors (Lipinski definition) is 2. The van der Waals surface area contributed by atoms with Crippen LogP contribution in [-0.2, 0) is 7.05 Å². The lowest BCUT2D eigenvalue weighted by Gasteiger charge is -2.11. The molecule has 0 aliphatic carbocycles. The van der Waals surface area contributed by atoms with Gasteiger partial charge < -0.3 is 5.11 Å². The van der Waals surface area contributed by atoms with E-state index in [1.165, 1.54) is 0 Å². The van der Waals surface area contributed by atoms with Crippen molar-refractivity contribution in [3.8, 4) is 0 Å². The molecule has 0 saturated heterocycles. The molecule has 0 bridgehead atoms. The molecule has 1 N–H and O–H groups in total. The van der Waals surface area contributed by atoms with Crippen LogP contribution in [0, 0.1) is 0 Å². The number of benzene rings is 1. The molecule has 2 rings (SSSR count). The summed E-state index contributed by atoms with van der Waals surface area (Å²) in [6.07, 6.45) is 2.73. The Bertz CT molecular complexity index is 512. The fraction of sp³-hybridized carbons (Fsp3) is 0.182. The van der Waals surface area contributed by atoms with Crippen LogP contribution in [0.5, 0.6) is 0 Å². The Balaban J connectivity index is 2.37. The van der Waals surface area contributed by atoms with Crippen molar-refractivity contribution in [3.63, 3.8) is 0 Å². The van der Waals surface area contributed by atoms with Gasteiger partial charge in [0.1, 0.15) is 6.10 Å². The van der Waals surface area contributed by atoms with Crippen molar-refractivity contribution in [2.24, 2.45) is 7.05 Å². The highest BCUT2D eigenvalue weighted by Gasteiger charge is 2.15. The van der Waals surface area contributed by atoms with Crippen LogP contribution in [0.1, 0.15) is 17.2 Å². The van der Waals surface area contributed by atoms with Gasteiger partial charge in [0.25, 0.3) is 0 Å². The molecule has 5 heteroatoms. The van der Waals surface area contributed by atoms with Gasteiger partial charge in [-0.05, 0) is 17.7 Å². The van der Waals surface area contributed by atoms with Crippen molar-refractivity contribution >= 4 is 27.5 Å². The minimum atomic E-state index is -0.694. The van der Waals surface area contributed by atoms with E-state index >= 15 is 0 Å². The second kappa shape index (κ2) is 4.57. The second-order valence-electron chi connectivity index (χ2n) is 3.52. The van der Waals surface area contributed by atoms with Gasteiger partial charge in [-0.25, -0.2) is 0 Å². The van der Waals surface area contributed by atoms with E-state index in [4.69, 9.17) is 11.6 Å². The molecule has 0 amide bonds. The number of aromatic nitrogens is 2. The van der Waals surface area contributed by atoms with Gasteiger partial charge in [0.15, 0.2) is 0 Å². The summed E-state index contributed by atoms with van der Waals surface area (Å²) >= 11 is 9.22. The van der Waals surface area contributed by atoms with E-state index in [0.29, 0.717) is 5.02 Å². The first-order valence-electron chi connectivity index (χ1n) is 4.69. The van der Waals surface area contributed by atoms with E-state index in [2.05, 4.69) is 21.0 Å². The molecule has 1 atom stereocenters. The molecule has 0 radical (unpaired) electrons. The number of hydrogen-bond donors (Lipinski definition) is 1. The van der Waals surface area contributed by atoms with Crippen LogP contribution in [0.4, 0.5) is 0 Å². The van der Waals surface area contributed by atoms with Gasteiger partial charge in [-0.15, -0.1) is 0 Å². The van der Waals surface area contributed by atoms with Crippen molar-refractivity contribution in [1.29, 1.82) is 0 Å². The molecule has 0 aliphatic heterocycles. The highest BCUT2D eigenvalue weighted by atomic mass is 79.9. The summed E-state index contributed by atoms with van der Waals surface area (Å²) in [5, 5.41) is 14.8. The summed E-state index contributed by atoms with van der Waals surface area (Å²) in [5.41, 5.74) is 1.53. The number of aliphatic hydroxyl groups is 1. The maximum atomic E-state index is 10.2. The molecule has 0 fully saturated rings. The number of rotatable bonds is 2. The van der Waals surface area contributed by atoms with E-state index in [9.17, 15) is 5.11 Å². The normalized spacial score (nSPS) is 12.8. The fourth-order valence-corrected chi connectivity index (χ4v) is 2.38. The van der Waals surface area contributed by atoms with Crippen molar-refractivity contribution in [3.05, 3.63) is 51.2 Å². The predicted molar refractivity (Wildman–Crippen MR) is 66.4 cm³/mol. The predicted octanol–water partition coefficient (Wildman–Crippen LogP) is 2.92. The van der Waals surface area contributed by atoms with E-state index < -0.39 is 6.10 Å². The molecular formula is C11H10BrClN2O. The zero-order valence-electron chi connectivity index (χ0n) is 8.56. The van der Waals surface area contributed by atoms with Crippen molar-refractivity contribution in [2.75, 3.05) is 0 Å². The lowest BCUT2D eigenvalue weighted by atomic mass is 10.1. The van der Waals surface area contributed by atoms with Crippen molar-refractivity contribution in [2.45, 2.75) is 6.10 Å². The minimum absolute atomic E-state index is 0.633. The van der Waals surface area contributed by atoms with E-state index in [1.54, 1.807) is 35.3 Å². The molecule has 0 spiro atoms. The highest BCUT2D eigenvalue weighted by Crippen LogP contribution is 2.30. The van der Waals surface area contributed by atoms with Crippen LogP contribution >= 0.6 is 27.5 Å². The Labute approximate surface area is 107 Å². The summed E-state index contributed by atoms with van der Waals surface area (Å²) < 4.78 is 2.44. The van der Waals surface area contributed by atoms with E-state index in [0.717, 1.165) is 15.6 Å². The SMILES string of the molecule is Cn1cc(C(O)c2ccc(Cl)cc2Br)cn1. The van der Waals surface area contributed by atoms with Gasteiger partial charge in [0.05, 0.1) is 6.20 Å². The Kier molecular flexibility index (Phi) is 3.33. The molecule has 84 valence electrons. The largest absolute Gasteiger partial charge is 0.383 e. The molecule has 1 aromatic carbocycles. The van der Waals surface area contributed by atoms with Gasteiger partial charge in [0, 0.05) is 28.3 Å². The van der Waals surface area contributed by atoms with Crippen LogP contribution in [0.15, 0.2) is 35.1 Å². The number of aryl methyl sites for hydroxylation is 1. The summed E-state index contributed by atoms with van der Waals surface area (Å²) in [5.74, 6) is 0. The van der Waals surface area contributed by atoms with Gasteiger partial charge in [-0.1, -0.05) is 33.6 Å². The summed E-state index contributed by atoms with van der Waals surface area (Å²) in [7, 11) is 1.81. The number of halogens is 2. The molecule has 1 aromatic heterocycles. The zero-order valence-corrected chi connectivity index (χ0v) is 10.9. The molecule has 0 saturated carbocycles. The van der Waals surface area contributed by atoms with Crippen LogP contribution in [0.3, 0.4) is 0 Å². The van der Waals surface area contributed by atoms with Crippen LogP contribution < -0.4 is 0 Å². The third kappa shape index (κ3) is 2.29. The average Bonchev–Trinajstić information content (AvgIpc) is 2.64. The maximum Gasteiger partial charge on any atom is 0.108 e. The summed E-state index contributed by atoms with van der Waals surface area (Å²) in [4.78, 5) is 0. The third-order valence-corrected chi connectivity index (χ3v) is 3.22. The molecular weight excluding hydrogens is 291 g/mol. The van der Waals surface area contributed by atoms with Gasteiger partial charge in [0.2, 0.25) is 0 Å². The van der Waals surface area contributed by atoms with E-state index in [-0.39, 0.29) is 0 Å². The third-order valence-electron chi connectivity index (χ3n) is 2.30. The zero-order chi connectivity index (χ0) is 11.7. The molecule has 2 aromatic rings. The molecule has 0 aliphatic rings. The van der Waals surface area contributed by atoms with Gasteiger partial charge in [-0.3, -0.25) is 4.68 Å². The minimum Gasteiger partial charge on any atom is -0.383 e. The van der Waals surface area contributed by atoms with Crippen LogP contribution in [-0.4, -0.2) is 14.9 Å². The Hall–Kier alpha value is -0.840. The Morgan fingerprint density at radius 2 is 2.25 bits per heavy atom. The molecule has 1 unspecified atom stereocenters. The van der Waals surface area contributed by atoms with E-state index in [1.807, 2.05) is 7.05 Å². The topological polar surface area (TPSA) is 38.0 Å². The second-order valence-corrected chi connectivity index (χ2v) is 4.81. The number of aliphatic hydroxyl groups excluding tert-OH is 1. The average molecular weight is 302 g/mol. The first-order chi connectivity index (χ1) is 7.58. The molecule has 3 nitrogen and oxygen atoms in total. The smallest absolute Gasteiger partial charge is 0.108 e. The summed E-state index contributed by atoms with van der Waals surface area (Å²) in [6, 6.07) is 5.31. The fourth-order valence-electron chi connectivity index (χ4n) is 1.48. The lowest BCUT2D eigenvalue weighted by molar-refractivity contribution is 0.219. The standard InChI is InChI=1S/C11H10BrClN2O/c1-15-6-7(5-14-15)11(16)9-3-2-8(13)4-10(9)12/h2-6,11,16H,1H3. The number of nitrogens with zero attached hydrogens (tertiary/aromatic N) is 2. The molecule has 1 heterocycles. The summed E-state index contributed by atoms with van der Waals surface area (Å²) in [6.45, 7) is 0. The monoisotopic (exact) mass is 300 g/mol. The van der Waals surface area contributed by atoms with Crippen molar-refractivity contribution in [1.82, 2.24) is 9.78 Å². The van der Waals surface area contributed by atoms with Crippen LogP contribution in [0.25, 0.3) is 0 Å². The first kappa shape index (κ1) is 11.6. The quantitative estimate of drug-likeness (QED) is 0.926. The lowest BCUT2D eigenvalue weighted by Crippen LogP contribution is -1.99. The maximum absolute atomic E-state index is 10.2.